The highest BCUT2D eigenvalue weighted by Gasteiger charge is 2.22. The maximum absolute atomic E-state index is 11.2. The molecule has 0 radical (unpaired) electrons. The number of nitrogens with one attached hydrogen (secondary N) is 1. The van der Waals surface area contributed by atoms with E-state index in [2.05, 4.69) is 54.4 Å². The summed E-state index contributed by atoms with van der Waals surface area (Å²) in [6.45, 7) is 8.79. The zero-order valence-corrected chi connectivity index (χ0v) is 16.6. The van der Waals surface area contributed by atoms with Crippen molar-refractivity contribution in [3.05, 3.63) is 35.9 Å². The summed E-state index contributed by atoms with van der Waals surface area (Å²) < 4.78 is 0. The Morgan fingerprint density at radius 1 is 1.19 bits per heavy atom. The zero-order valence-electron chi connectivity index (χ0n) is 16.6. The molecule has 1 aliphatic rings. The SMILES string of the molecule is CC(C)CCC(Cc1ccccc1)NCCCN1CCC(C(N)=O)CC1. The van der Waals surface area contributed by atoms with Crippen molar-refractivity contribution >= 4 is 5.91 Å². The number of rotatable bonds is 11. The van der Waals surface area contributed by atoms with Crippen molar-refractivity contribution in [3.63, 3.8) is 0 Å². The normalized spacial score (nSPS) is 17.5. The Hall–Kier alpha value is -1.39. The van der Waals surface area contributed by atoms with Crippen LogP contribution in [-0.4, -0.2) is 43.0 Å². The van der Waals surface area contributed by atoms with Crippen molar-refractivity contribution in [2.45, 2.75) is 58.4 Å². The molecule has 0 bridgehead atoms. The minimum Gasteiger partial charge on any atom is -0.369 e. The van der Waals surface area contributed by atoms with Gasteiger partial charge < -0.3 is 16.0 Å². The Morgan fingerprint density at radius 2 is 1.88 bits per heavy atom. The van der Waals surface area contributed by atoms with Gasteiger partial charge in [-0.1, -0.05) is 44.2 Å². The van der Waals surface area contributed by atoms with Crippen LogP contribution in [0.3, 0.4) is 0 Å². The van der Waals surface area contributed by atoms with Gasteiger partial charge in [0.1, 0.15) is 0 Å². The van der Waals surface area contributed by atoms with E-state index < -0.39 is 0 Å². The molecule has 0 aromatic heterocycles. The number of nitrogens with two attached hydrogens (primary N) is 1. The molecule has 1 saturated heterocycles. The number of likely N-dealkylation sites (tertiary alicyclic amines) is 1. The fourth-order valence-corrected chi connectivity index (χ4v) is 3.76. The van der Waals surface area contributed by atoms with Crippen molar-refractivity contribution in [3.8, 4) is 0 Å². The van der Waals surface area contributed by atoms with E-state index in [1.165, 1.54) is 18.4 Å². The van der Waals surface area contributed by atoms with E-state index in [-0.39, 0.29) is 11.8 Å². The lowest BCUT2D eigenvalue weighted by molar-refractivity contribution is -0.123. The van der Waals surface area contributed by atoms with Crippen LogP contribution in [0.25, 0.3) is 0 Å². The molecule has 1 unspecified atom stereocenters. The fraction of sp³-hybridized carbons (Fsp3) is 0.682. The molecule has 1 fully saturated rings. The molecule has 0 spiro atoms. The van der Waals surface area contributed by atoms with E-state index in [4.69, 9.17) is 5.73 Å². The first kappa shape index (κ1) is 20.9. The van der Waals surface area contributed by atoms with E-state index in [1.807, 2.05) is 0 Å². The lowest BCUT2D eigenvalue weighted by atomic mass is 9.96. The lowest BCUT2D eigenvalue weighted by Crippen LogP contribution is -2.40. The third kappa shape index (κ3) is 7.88. The maximum atomic E-state index is 11.2. The van der Waals surface area contributed by atoms with Crippen LogP contribution in [0.15, 0.2) is 30.3 Å². The summed E-state index contributed by atoms with van der Waals surface area (Å²) in [4.78, 5) is 13.7. The highest BCUT2D eigenvalue weighted by molar-refractivity contribution is 5.76. The predicted octanol–water partition coefficient (Wildman–Crippen LogP) is 3.21. The number of benzene rings is 1. The molecule has 26 heavy (non-hydrogen) atoms. The van der Waals surface area contributed by atoms with Crippen molar-refractivity contribution < 1.29 is 4.79 Å². The van der Waals surface area contributed by atoms with Gasteiger partial charge in [0.05, 0.1) is 0 Å². The van der Waals surface area contributed by atoms with Crippen molar-refractivity contribution in [2.75, 3.05) is 26.2 Å². The molecule has 0 aliphatic carbocycles. The van der Waals surface area contributed by atoms with Gasteiger partial charge in [-0.15, -0.1) is 0 Å². The first-order valence-corrected chi connectivity index (χ1v) is 10.3. The molecule has 1 aromatic rings. The van der Waals surface area contributed by atoms with Crippen molar-refractivity contribution in [1.29, 1.82) is 0 Å². The van der Waals surface area contributed by atoms with Gasteiger partial charge in [0.25, 0.3) is 0 Å². The summed E-state index contributed by atoms with van der Waals surface area (Å²) in [7, 11) is 0. The quantitative estimate of drug-likeness (QED) is 0.597. The maximum Gasteiger partial charge on any atom is 0.220 e. The summed E-state index contributed by atoms with van der Waals surface area (Å²) in [6.07, 6.45) is 6.62. The standard InChI is InChI=1S/C22H37N3O/c1-18(2)9-10-21(17-19-7-4-3-5-8-19)24-13-6-14-25-15-11-20(12-16-25)22(23)26/h3-5,7-8,18,20-21,24H,6,9-17H2,1-2H3,(H2,23,26). The van der Waals surface area contributed by atoms with Crippen molar-refractivity contribution in [2.24, 2.45) is 17.6 Å². The molecule has 0 saturated carbocycles. The average Bonchev–Trinajstić information content (AvgIpc) is 2.64. The Morgan fingerprint density at radius 3 is 2.50 bits per heavy atom. The van der Waals surface area contributed by atoms with Gasteiger partial charge in [0.2, 0.25) is 5.91 Å². The highest BCUT2D eigenvalue weighted by atomic mass is 16.1. The first-order chi connectivity index (χ1) is 12.5. The van der Waals surface area contributed by atoms with Crippen LogP contribution in [0.5, 0.6) is 0 Å². The second-order valence-electron chi connectivity index (χ2n) is 8.18. The summed E-state index contributed by atoms with van der Waals surface area (Å²) >= 11 is 0. The summed E-state index contributed by atoms with van der Waals surface area (Å²) in [5.41, 5.74) is 6.83. The van der Waals surface area contributed by atoms with Crippen LogP contribution in [0, 0.1) is 11.8 Å². The van der Waals surface area contributed by atoms with Crippen molar-refractivity contribution in [1.82, 2.24) is 10.2 Å². The van der Waals surface area contributed by atoms with E-state index >= 15 is 0 Å². The number of primary amides is 1. The molecule has 3 N–H and O–H groups in total. The number of hydrogen-bond donors (Lipinski definition) is 2. The molecule has 1 amide bonds. The number of nitrogens with zero attached hydrogens (tertiary/aromatic N) is 1. The number of carbonyl (C=O) groups is 1. The largest absolute Gasteiger partial charge is 0.369 e. The Kier molecular flexibility index (Phi) is 9.13. The predicted molar refractivity (Wildman–Crippen MR) is 109 cm³/mol. The molecule has 1 aromatic carbocycles. The van der Waals surface area contributed by atoms with Crippen LogP contribution in [0.1, 0.15) is 51.5 Å². The van der Waals surface area contributed by atoms with E-state index in [1.54, 1.807) is 0 Å². The van der Waals surface area contributed by atoms with Gasteiger partial charge in [-0.25, -0.2) is 0 Å². The third-order valence-electron chi connectivity index (χ3n) is 5.49. The van der Waals surface area contributed by atoms with Crippen LogP contribution in [-0.2, 0) is 11.2 Å². The molecule has 1 heterocycles. The molecule has 2 rings (SSSR count). The van der Waals surface area contributed by atoms with Gasteiger partial charge in [0, 0.05) is 12.0 Å². The Bertz CT molecular complexity index is 509. The number of hydrogen-bond acceptors (Lipinski definition) is 3. The molecule has 146 valence electrons. The Balaban J connectivity index is 1.68. The highest BCUT2D eigenvalue weighted by Crippen LogP contribution is 2.16. The van der Waals surface area contributed by atoms with Crippen LogP contribution >= 0.6 is 0 Å². The molecular weight excluding hydrogens is 322 g/mol. The van der Waals surface area contributed by atoms with Gasteiger partial charge in [-0.2, -0.15) is 0 Å². The fourth-order valence-electron chi connectivity index (χ4n) is 3.76. The van der Waals surface area contributed by atoms with E-state index in [9.17, 15) is 4.79 Å². The second-order valence-corrected chi connectivity index (χ2v) is 8.18. The summed E-state index contributed by atoms with van der Waals surface area (Å²) in [5.74, 6) is 0.720. The van der Waals surface area contributed by atoms with E-state index in [0.717, 1.165) is 57.8 Å². The average molecular weight is 360 g/mol. The zero-order chi connectivity index (χ0) is 18.8. The molecular formula is C22H37N3O. The Labute approximate surface area is 159 Å². The van der Waals surface area contributed by atoms with Gasteiger partial charge >= 0.3 is 0 Å². The van der Waals surface area contributed by atoms with E-state index in [0.29, 0.717) is 6.04 Å². The van der Waals surface area contributed by atoms with Gasteiger partial charge in [-0.05, 0) is 76.2 Å². The molecule has 4 nitrogen and oxygen atoms in total. The molecule has 1 atom stereocenters. The van der Waals surface area contributed by atoms with Crippen LogP contribution in [0.4, 0.5) is 0 Å². The topological polar surface area (TPSA) is 58.4 Å². The number of amides is 1. The minimum atomic E-state index is -0.125. The smallest absolute Gasteiger partial charge is 0.220 e. The van der Waals surface area contributed by atoms with Crippen LogP contribution < -0.4 is 11.1 Å². The van der Waals surface area contributed by atoms with Crippen LogP contribution in [0.2, 0.25) is 0 Å². The summed E-state index contributed by atoms with van der Waals surface area (Å²) in [6, 6.07) is 11.4. The first-order valence-electron chi connectivity index (χ1n) is 10.3. The summed E-state index contributed by atoms with van der Waals surface area (Å²) in [5, 5.41) is 3.79. The minimum absolute atomic E-state index is 0.0932. The van der Waals surface area contributed by atoms with Gasteiger partial charge in [0.15, 0.2) is 0 Å². The number of piperidine rings is 1. The molecule has 1 aliphatic heterocycles. The monoisotopic (exact) mass is 359 g/mol. The lowest BCUT2D eigenvalue weighted by Gasteiger charge is -2.30. The molecule has 4 heteroatoms. The third-order valence-corrected chi connectivity index (χ3v) is 5.49. The number of carbonyl (C=O) groups excluding carboxylic acids is 1. The van der Waals surface area contributed by atoms with Gasteiger partial charge in [-0.3, -0.25) is 4.79 Å². The second kappa shape index (κ2) is 11.3.